The summed E-state index contributed by atoms with van der Waals surface area (Å²) in [5, 5.41) is 3.39. The number of rotatable bonds is 7. The number of carbonyl (C=O) groups is 2. The van der Waals surface area contributed by atoms with Gasteiger partial charge in [-0.25, -0.2) is 4.79 Å². The van der Waals surface area contributed by atoms with Gasteiger partial charge < -0.3 is 24.6 Å². The van der Waals surface area contributed by atoms with Crippen LogP contribution in [0.4, 0.5) is 10.5 Å². The molecule has 1 fully saturated rings. The van der Waals surface area contributed by atoms with Crippen LogP contribution in [0.15, 0.2) is 18.2 Å². The lowest BCUT2D eigenvalue weighted by molar-refractivity contribution is -0.116. The average Bonchev–Trinajstić information content (AvgIpc) is 2.90. The van der Waals surface area contributed by atoms with E-state index < -0.39 is 0 Å². The number of nitrogens with zero attached hydrogens (tertiary/aromatic N) is 2. The zero-order valence-electron chi connectivity index (χ0n) is 16.9. The number of ether oxygens (including phenoxy) is 2. The number of nitrogens with one attached hydrogen (secondary N) is 1. The summed E-state index contributed by atoms with van der Waals surface area (Å²) in [6, 6.07) is 5.11. The molecule has 1 saturated heterocycles. The molecule has 8 heteroatoms. The maximum absolute atomic E-state index is 12.3. The number of halogens is 1. The molecule has 28 heavy (non-hydrogen) atoms. The van der Waals surface area contributed by atoms with Crippen molar-refractivity contribution >= 4 is 29.3 Å². The lowest BCUT2D eigenvalue weighted by Gasteiger charge is -2.22. The Balaban J connectivity index is 1.78. The lowest BCUT2D eigenvalue weighted by Crippen LogP contribution is -2.36. The van der Waals surface area contributed by atoms with Crippen molar-refractivity contribution in [2.75, 3.05) is 51.8 Å². The maximum atomic E-state index is 12.3. The summed E-state index contributed by atoms with van der Waals surface area (Å²) in [5.41, 5.74) is 0.565. The fraction of sp³-hybridized carbons (Fsp3) is 0.600. The standard InChI is InChI=1S/C20H30ClN3O4/c1-15(2)14-28-20(26)24-9-4-8-23(11-12-24)10-7-19(25)22-17-13-16(21)5-6-18(17)27-3/h5-6,13,15H,4,7-12,14H2,1-3H3,(H,22,25). The minimum Gasteiger partial charge on any atom is -0.495 e. The molecule has 0 aromatic heterocycles. The van der Waals surface area contributed by atoms with Gasteiger partial charge in [-0.1, -0.05) is 25.4 Å². The molecule has 156 valence electrons. The van der Waals surface area contributed by atoms with Crippen molar-refractivity contribution in [2.45, 2.75) is 26.7 Å². The SMILES string of the molecule is COc1ccc(Cl)cc1NC(=O)CCN1CCCN(C(=O)OCC(C)C)CC1. The van der Waals surface area contributed by atoms with Crippen molar-refractivity contribution in [3.05, 3.63) is 23.2 Å². The molecule has 7 nitrogen and oxygen atoms in total. The molecule has 1 aromatic rings. The van der Waals surface area contributed by atoms with Gasteiger partial charge in [-0.3, -0.25) is 4.79 Å². The van der Waals surface area contributed by atoms with Crippen LogP contribution in [0, 0.1) is 5.92 Å². The van der Waals surface area contributed by atoms with E-state index in [1.807, 2.05) is 13.8 Å². The number of hydrogen-bond donors (Lipinski definition) is 1. The second-order valence-electron chi connectivity index (χ2n) is 7.30. The quantitative estimate of drug-likeness (QED) is 0.743. The van der Waals surface area contributed by atoms with Crippen LogP contribution in [-0.4, -0.2) is 68.2 Å². The number of anilines is 1. The van der Waals surface area contributed by atoms with Crippen LogP contribution in [0.25, 0.3) is 0 Å². The Morgan fingerprint density at radius 2 is 2.00 bits per heavy atom. The predicted molar refractivity (Wildman–Crippen MR) is 110 cm³/mol. The molecule has 0 unspecified atom stereocenters. The first-order valence-electron chi connectivity index (χ1n) is 9.66. The summed E-state index contributed by atoms with van der Waals surface area (Å²) >= 11 is 6.00. The first-order valence-corrected chi connectivity index (χ1v) is 10.0. The molecule has 1 heterocycles. The molecule has 2 amide bonds. The summed E-state index contributed by atoms with van der Waals surface area (Å²) in [6.07, 6.45) is 0.967. The van der Waals surface area contributed by atoms with E-state index in [0.717, 1.165) is 19.5 Å². The molecular weight excluding hydrogens is 382 g/mol. The molecule has 1 aromatic carbocycles. The molecule has 1 N–H and O–H groups in total. The Morgan fingerprint density at radius 3 is 2.71 bits per heavy atom. The van der Waals surface area contributed by atoms with Crippen LogP contribution in [0.1, 0.15) is 26.7 Å². The van der Waals surface area contributed by atoms with Crippen molar-refractivity contribution in [3.63, 3.8) is 0 Å². The predicted octanol–water partition coefficient (Wildman–Crippen LogP) is 3.48. The van der Waals surface area contributed by atoms with Gasteiger partial charge >= 0.3 is 6.09 Å². The first-order chi connectivity index (χ1) is 13.4. The molecule has 2 rings (SSSR count). The van der Waals surface area contributed by atoms with E-state index >= 15 is 0 Å². The van der Waals surface area contributed by atoms with E-state index in [1.54, 1.807) is 30.2 Å². The smallest absolute Gasteiger partial charge is 0.409 e. The molecule has 0 bridgehead atoms. The maximum Gasteiger partial charge on any atom is 0.409 e. The zero-order chi connectivity index (χ0) is 20.5. The summed E-state index contributed by atoms with van der Waals surface area (Å²) in [4.78, 5) is 28.4. The van der Waals surface area contributed by atoms with Gasteiger partial charge in [0.05, 0.1) is 19.4 Å². The fourth-order valence-corrected chi connectivity index (χ4v) is 3.13. The normalized spacial score (nSPS) is 15.2. The number of amides is 2. The summed E-state index contributed by atoms with van der Waals surface area (Å²) in [7, 11) is 1.55. The third-order valence-corrected chi connectivity index (χ3v) is 4.71. The molecule has 0 aliphatic carbocycles. The lowest BCUT2D eigenvalue weighted by atomic mass is 10.2. The fourth-order valence-electron chi connectivity index (χ4n) is 2.96. The van der Waals surface area contributed by atoms with E-state index in [-0.39, 0.29) is 12.0 Å². The van der Waals surface area contributed by atoms with Gasteiger partial charge in [-0.05, 0) is 37.1 Å². The Bertz CT molecular complexity index is 669. The topological polar surface area (TPSA) is 71.1 Å². The highest BCUT2D eigenvalue weighted by molar-refractivity contribution is 6.31. The number of hydrogen-bond acceptors (Lipinski definition) is 5. The van der Waals surface area contributed by atoms with Crippen LogP contribution in [-0.2, 0) is 9.53 Å². The van der Waals surface area contributed by atoms with Gasteiger partial charge in [0.15, 0.2) is 0 Å². The molecule has 1 aliphatic rings. The second-order valence-corrected chi connectivity index (χ2v) is 7.73. The molecule has 0 atom stereocenters. The third-order valence-electron chi connectivity index (χ3n) is 4.48. The molecule has 0 saturated carbocycles. The van der Waals surface area contributed by atoms with Crippen molar-refractivity contribution in [1.29, 1.82) is 0 Å². The van der Waals surface area contributed by atoms with Crippen LogP contribution >= 0.6 is 11.6 Å². The van der Waals surface area contributed by atoms with Gasteiger partial charge in [0, 0.05) is 37.6 Å². The Kier molecular flexibility index (Phi) is 8.86. The van der Waals surface area contributed by atoms with E-state index in [1.165, 1.54) is 0 Å². The Labute approximate surface area is 171 Å². The van der Waals surface area contributed by atoms with Gasteiger partial charge in [0.1, 0.15) is 5.75 Å². The summed E-state index contributed by atoms with van der Waals surface area (Å²) in [5.74, 6) is 0.796. The average molecular weight is 412 g/mol. The van der Waals surface area contributed by atoms with Crippen LogP contribution in [0.3, 0.4) is 0 Å². The van der Waals surface area contributed by atoms with E-state index in [9.17, 15) is 9.59 Å². The molecular formula is C20H30ClN3O4. The Hall–Kier alpha value is -1.99. The zero-order valence-corrected chi connectivity index (χ0v) is 17.6. The van der Waals surface area contributed by atoms with Crippen LogP contribution in [0.2, 0.25) is 5.02 Å². The van der Waals surface area contributed by atoms with Crippen LogP contribution in [0.5, 0.6) is 5.75 Å². The van der Waals surface area contributed by atoms with E-state index in [0.29, 0.717) is 55.0 Å². The largest absolute Gasteiger partial charge is 0.495 e. The van der Waals surface area contributed by atoms with E-state index in [4.69, 9.17) is 21.1 Å². The van der Waals surface area contributed by atoms with E-state index in [2.05, 4.69) is 10.2 Å². The monoisotopic (exact) mass is 411 g/mol. The minimum absolute atomic E-state index is 0.0991. The Morgan fingerprint density at radius 1 is 1.21 bits per heavy atom. The molecule has 0 radical (unpaired) electrons. The van der Waals surface area contributed by atoms with Crippen molar-refractivity contribution in [2.24, 2.45) is 5.92 Å². The van der Waals surface area contributed by atoms with Crippen molar-refractivity contribution in [1.82, 2.24) is 9.80 Å². The molecule has 0 spiro atoms. The van der Waals surface area contributed by atoms with Gasteiger partial charge in [-0.2, -0.15) is 0 Å². The van der Waals surface area contributed by atoms with Gasteiger partial charge in [-0.15, -0.1) is 0 Å². The van der Waals surface area contributed by atoms with Gasteiger partial charge in [0.2, 0.25) is 5.91 Å². The molecule has 1 aliphatic heterocycles. The number of benzene rings is 1. The first kappa shape index (κ1) is 22.3. The van der Waals surface area contributed by atoms with Crippen molar-refractivity contribution in [3.8, 4) is 5.75 Å². The number of methoxy groups -OCH3 is 1. The minimum atomic E-state index is -0.249. The third kappa shape index (κ3) is 7.20. The highest BCUT2D eigenvalue weighted by Crippen LogP contribution is 2.27. The highest BCUT2D eigenvalue weighted by Gasteiger charge is 2.21. The highest BCUT2D eigenvalue weighted by atomic mass is 35.5. The van der Waals surface area contributed by atoms with Crippen LogP contribution < -0.4 is 10.1 Å². The summed E-state index contributed by atoms with van der Waals surface area (Å²) < 4.78 is 10.6. The second kappa shape index (κ2) is 11.1. The van der Waals surface area contributed by atoms with Crippen molar-refractivity contribution < 1.29 is 19.1 Å². The number of carbonyl (C=O) groups excluding carboxylic acids is 2. The summed E-state index contributed by atoms with van der Waals surface area (Å²) in [6.45, 7) is 7.96. The van der Waals surface area contributed by atoms with Gasteiger partial charge in [0.25, 0.3) is 0 Å².